The van der Waals surface area contributed by atoms with Gasteiger partial charge in [-0.3, -0.25) is 24.2 Å². The van der Waals surface area contributed by atoms with E-state index in [0.717, 1.165) is 45.1 Å². The van der Waals surface area contributed by atoms with Crippen molar-refractivity contribution in [2.45, 2.75) is 45.6 Å². The average molecular weight is 469 g/mol. The van der Waals surface area contributed by atoms with Crippen LogP contribution in [0.3, 0.4) is 0 Å². The normalized spacial score (nSPS) is 24.0. The summed E-state index contributed by atoms with van der Waals surface area (Å²) < 4.78 is 0. The van der Waals surface area contributed by atoms with Crippen molar-refractivity contribution in [1.29, 1.82) is 0 Å². The van der Waals surface area contributed by atoms with E-state index in [1.807, 2.05) is 32.1 Å². The number of anilines is 1. The monoisotopic (exact) mass is 468 g/mol. The Hall–Kier alpha value is -2.81. The van der Waals surface area contributed by atoms with Crippen LogP contribution >= 0.6 is 0 Å². The van der Waals surface area contributed by atoms with Crippen LogP contribution in [0.15, 0.2) is 30.6 Å². The molecule has 1 aromatic heterocycles. The zero-order valence-corrected chi connectivity index (χ0v) is 20.2. The van der Waals surface area contributed by atoms with Crippen molar-refractivity contribution in [1.82, 2.24) is 25.1 Å². The number of imide groups is 1. The van der Waals surface area contributed by atoms with Crippen LogP contribution < -0.4 is 10.2 Å². The summed E-state index contributed by atoms with van der Waals surface area (Å²) >= 11 is 0. The number of amides is 3. The molecular weight excluding hydrogens is 432 g/mol. The fraction of sp³-hybridized carbons (Fsp3) is 0.640. The summed E-state index contributed by atoms with van der Waals surface area (Å²) in [6.45, 7) is 9.05. The van der Waals surface area contributed by atoms with Gasteiger partial charge in [-0.2, -0.15) is 0 Å². The number of allylic oxidation sites excluding steroid dienone is 2. The number of aromatic nitrogens is 2. The predicted octanol–water partition coefficient (Wildman–Crippen LogP) is 1.47. The van der Waals surface area contributed by atoms with E-state index < -0.39 is 6.04 Å². The van der Waals surface area contributed by atoms with Crippen LogP contribution in [0, 0.1) is 17.8 Å². The lowest BCUT2D eigenvalue weighted by atomic mass is 9.85. The molecule has 184 valence electrons. The van der Waals surface area contributed by atoms with E-state index in [4.69, 9.17) is 0 Å². The van der Waals surface area contributed by atoms with E-state index in [9.17, 15) is 14.4 Å². The number of nitrogens with zero attached hydrogens (tertiary/aromatic N) is 5. The molecule has 1 N–H and O–H groups in total. The molecule has 0 radical (unpaired) electrons. The lowest BCUT2D eigenvalue weighted by Crippen LogP contribution is -2.51. The Morgan fingerprint density at radius 1 is 1.03 bits per heavy atom. The van der Waals surface area contributed by atoms with Crippen LogP contribution in [0.25, 0.3) is 0 Å². The van der Waals surface area contributed by atoms with Gasteiger partial charge in [0.15, 0.2) is 0 Å². The zero-order chi connectivity index (χ0) is 24.1. The SMILES string of the molecule is CC(C)CC(C(=O)NCCCN1CCN(c2ncccn2)CC1)N1C(=O)C2CC=CCC2C1=O. The molecule has 9 heteroatoms. The third-order valence-corrected chi connectivity index (χ3v) is 7.01. The molecule has 0 saturated carbocycles. The second-order valence-electron chi connectivity index (χ2n) is 9.87. The first-order chi connectivity index (χ1) is 16.5. The molecule has 34 heavy (non-hydrogen) atoms. The largest absolute Gasteiger partial charge is 0.354 e. The average Bonchev–Trinajstić information content (AvgIpc) is 3.11. The molecule has 1 aliphatic carbocycles. The summed E-state index contributed by atoms with van der Waals surface area (Å²) in [4.78, 5) is 53.6. The van der Waals surface area contributed by atoms with Gasteiger partial charge in [-0.15, -0.1) is 0 Å². The van der Waals surface area contributed by atoms with Gasteiger partial charge in [-0.05, 0) is 44.2 Å². The Morgan fingerprint density at radius 3 is 2.24 bits per heavy atom. The topological polar surface area (TPSA) is 98.7 Å². The Morgan fingerprint density at radius 2 is 1.65 bits per heavy atom. The summed E-state index contributed by atoms with van der Waals surface area (Å²) in [7, 11) is 0. The Kier molecular flexibility index (Phi) is 7.92. The molecular formula is C25H36N6O3. The molecule has 3 heterocycles. The quantitative estimate of drug-likeness (QED) is 0.333. The molecule has 0 bridgehead atoms. The molecule has 4 rings (SSSR count). The van der Waals surface area contributed by atoms with Crippen LogP contribution in [0.5, 0.6) is 0 Å². The second kappa shape index (κ2) is 11.1. The van der Waals surface area contributed by atoms with Crippen molar-refractivity contribution in [3.63, 3.8) is 0 Å². The van der Waals surface area contributed by atoms with Crippen LogP contribution in [0.2, 0.25) is 0 Å². The van der Waals surface area contributed by atoms with Crippen LogP contribution in [0.4, 0.5) is 5.95 Å². The van der Waals surface area contributed by atoms with Crippen molar-refractivity contribution in [2.24, 2.45) is 17.8 Å². The minimum absolute atomic E-state index is 0.180. The van der Waals surface area contributed by atoms with Gasteiger partial charge in [0.1, 0.15) is 6.04 Å². The number of rotatable bonds is 9. The number of hydrogen-bond donors (Lipinski definition) is 1. The van der Waals surface area contributed by atoms with Crippen LogP contribution in [-0.2, 0) is 14.4 Å². The standard InChI is InChI=1S/C25H36N6O3/c1-18(2)17-21(31-23(33)19-7-3-4-8-20(19)24(31)34)22(32)26-11-6-12-29-13-15-30(16-14-29)25-27-9-5-10-28-25/h3-5,9-10,18-21H,6-8,11-17H2,1-2H3,(H,26,32). The minimum Gasteiger partial charge on any atom is -0.354 e. The first-order valence-electron chi connectivity index (χ1n) is 12.5. The molecule has 2 saturated heterocycles. The highest BCUT2D eigenvalue weighted by molar-refractivity contribution is 6.08. The molecule has 1 aromatic rings. The molecule has 3 amide bonds. The summed E-state index contributed by atoms with van der Waals surface area (Å²) in [5.41, 5.74) is 0. The fourth-order valence-corrected chi connectivity index (χ4v) is 5.17. The Labute approximate surface area is 201 Å². The third-order valence-electron chi connectivity index (χ3n) is 7.01. The molecule has 3 aliphatic rings. The number of piperazine rings is 1. The second-order valence-corrected chi connectivity index (χ2v) is 9.87. The van der Waals surface area contributed by atoms with Gasteiger partial charge in [0, 0.05) is 45.1 Å². The molecule has 2 aliphatic heterocycles. The van der Waals surface area contributed by atoms with Crippen molar-refractivity contribution >= 4 is 23.7 Å². The predicted molar refractivity (Wildman–Crippen MR) is 129 cm³/mol. The van der Waals surface area contributed by atoms with Crippen LogP contribution in [-0.4, -0.2) is 82.8 Å². The van der Waals surface area contributed by atoms with E-state index in [1.54, 1.807) is 12.4 Å². The van der Waals surface area contributed by atoms with E-state index in [0.29, 0.717) is 25.8 Å². The van der Waals surface area contributed by atoms with E-state index >= 15 is 0 Å². The summed E-state index contributed by atoms with van der Waals surface area (Å²) in [6.07, 6.45) is 9.95. The van der Waals surface area contributed by atoms with Gasteiger partial charge in [0.2, 0.25) is 23.7 Å². The first-order valence-corrected chi connectivity index (χ1v) is 12.5. The van der Waals surface area contributed by atoms with Gasteiger partial charge >= 0.3 is 0 Å². The van der Waals surface area contributed by atoms with E-state index in [2.05, 4.69) is 25.1 Å². The Balaban J connectivity index is 1.25. The fourth-order valence-electron chi connectivity index (χ4n) is 5.17. The van der Waals surface area contributed by atoms with E-state index in [1.165, 1.54) is 4.90 Å². The molecule has 3 unspecified atom stereocenters. The van der Waals surface area contributed by atoms with E-state index in [-0.39, 0.29) is 35.5 Å². The molecule has 3 atom stereocenters. The highest BCUT2D eigenvalue weighted by Gasteiger charge is 2.51. The molecule has 0 aromatic carbocycles. The maximum atomic E-state index is 13.1. The number of carbonyl (C=O) groups excluding carboxylic acids is 3. The highest BCUT2D eigenvalue weighted by Crippen LogP contribution is 2.37. The highest BCUT2D eigenvalue weighted by atomic mass is 16.2. The number of likely N-dealkylation sites (tertiary alicyclic amines) is 1. The van der Waals surface area contributed by atoms with Gasteiger partial charge in [-0.1, -0.05) is 26.0 Å². The number of fused-ring (bicyclic) bond motifs is 1. The smallest absolute Gasteiger partial charge is 0.243 e. The molecule has 2 fully saturated rings. The molecule has 0 spiro atoms. The maximum absolute atomic E-state index is 13.1. The lowest BCUT2D eigenvalue weighted by Gasteiger charge is -2.34. The summed E-state index contributed by atoms with van der Waals surface area (Å²) in [5, 5.41) is 3.00. The van der Waals surface area contributed by atoms with Crippen LogP contribution in [0.1, 0.15) is 39.5 Å². The number of hydrogen-bond acceptors (Lipinski definition) is 7. The maximum Gasteiger partial charge on any atom is 0.243 e. The number of carbonyl (C=O) groups is 3. The zero-order valence-electron chi connectivity index (χ0n) is 20.2. The van der Waals surface area contributed by atoms with Gasteiger partial charge in [0.05, 0.1) is 11.8 Å². The molecule has 9 nitrogen and oxygen atoms in total. The van der Waals surface area contributed by atoms with Crippen molar-refractivity contribution in [3.05, 3.63) is 30.6 Å². The Bertz CT molecular complexity index is 871. The third kappa shape index (κ3) is 5.46. The van der Waals surface area contributed by atoms with Gasteiger partial charge in [0.25, 0.3) is 0 Å². The summed E-state index contributed by atoms with van der Waals surface area (Å²) in [6, 6.07) is 1.10. The van der Waals surface area contributed by atoms with Crippen molar-refractivity contribution in [3.8, 4) is 0 Å². The van der Waals surface area contributed by atoms with Crippen molar-refractivity contribution < 1.29 is 14.4 Å². The minimum atomic E-state index is -0.722. The number of nitrogens with one attached hydrogen (secondary N) is 1. The van der Waals surface area contributed by atoms with Crippen molar-refractivity contribution in [2.75, 3.05) is 44.2 Å². The van der Waals surface area contributed by atoms with Gasteiger partial charge < -0.3 is 10.2 Å². The summed E-state index contributed by atoms with van der Waals surface area (Å²) in [5.74, 6) is -0.219. The van der Waals surface area contributed by atoms with Gasteiger partial charge in [-0.25, -0.2) is 9.97 Å². The first kappa shape index (κ1) is 24.3. The lowest BCUT2D eigenvalue weighted by molar-refractivity contribution is -0.148.